The van der Waals surface area contributed by atoms with Crippen LogP contribution in [0.25, 0.3) is 0 Å². The van der Waals surface area contributed by atoms with Crippen molar-refractivity contribution >= 4 is 5.91 Å². The quantitative estimate of drug-likeness (QED) is 0.724. The molecule has 0 radical (unpaired) electrons. The maximum atomic E-state index is 12.4. The Labute approximate surface area is 116 Å². The van der Waals surface area contributed by atoms with Gasteiger partial charge in [0.1, 0.15) is 0 Å². The van der Waals surface area contributed by atoms with E-state index in [1.54, 1.807) is 0 Å². The summed E-state index contributed by atoms with van der Waals surface area (Å²) in [6.45, 7) is 2.98. The Morgan fingerprint density at radius 2 is 2.00 bits per heavy atom. The van der Waals surface area contributed by atoms with E-state index in [-0.39, 0.29) is 11.3 Å². The van der Waals surface area contributed by atoms with Crippen molar-refractivity contribution in [3.63, 3.8) is 0 Å². The maximum Gasteiger partial charge on any atom is 0.227 e. The number of hydrogen-bond donors (Lipinski definition) is 3. The molecule has 0 aromatic rings. The number of nitrogens with one attached hydrogen (secondary N) is 1. The summed E-state index contributed by atoms with van der Waals surface area (Å²) < 4.78 is 0. The molecule has 2 aliphatic carbocycles. The number of amides is 1. The summed E-state index contributed by atoms with van der Waals surface area (Å²) in [5, 5.41) is 13.5. The minimum atomic E-state index is -0.707. The van der Waals surface area contributed by atoms with Gasteiger partial charge in [-0.3, -0.25) is 4.79 Å². The van der Waals surface area contributed by atoms with Crippen LogP contribution in [0.15, 0.2) is 0 Å². The number of nitrogens with two attached hydrogens (primary N) is 1. The maximum absolute atomic E-state index is 12.4. The van der Waals surface area contributed by atoms with Crippen LogP contribution in [0, 0.1) is 11.3 Å². The van der Waals surface area contributed by atoms with Crippen molar-refractivity contribution in [3.05, 3.63) is 0 Å². The summed E-state index contributed by atoms with van der Waals surface area (Å²) in [5.74, 6) is 0.602. The smallest absolute Gasteiger partial charge is 0.227 e. The van der Waals surface area contributed by atoms with Crippen LogP contribution >= 0.6 is 0 Å². The number of hydrogen-bond acceptors (Lipinski definition) is 3. The minimum Gasteiger partial charge on any atom is -0.388 e. The molecule has 110 valence electrons. The average molecular weight is 268 g/mol. The van der Waals surface area contributed by atoms with E-state index >= 15 is 0 Å². The summed E-state index contributed by atoms with van der Waals surface area (Å²) in [7, 11) is 0. The SMILES string of the molecule is CC1CCCC(O)(CNC(=O)C2(CN)CCCC2)C1. The molecule has 0 aromatic heterocycles. The predicted octanol–water partition coefficient (Wildman–Crippen LogP) is 1.56. The molecule has 2 unspecified atom stereocenters. The first kappa shape index (κ1) is 14.8. The molecule has 0 heterocycles. The fourth-order valence-electron chi connectivity index (χ4n) is 3.80. The third kappa shape index (κ3) is 3.29. The first-order chi connectivity index (χ1) is 9.00. The molecular weight excluding hydrogens is 240 g/mol. The lowest BCUT2D eigenvalue weighted by atomic mass is 9.78. The summed E-state index contributed by atoms with van der Waals surface area (Å²) in [6, 6.07) is 0. The average Bonchev–Trinajstić information content (AvgIpc) is 2.86. The lowest BCUT2D eigenvalue weighted by molar-refractivity contribution is -0.132. The van der Waals surface area contributed by atoms with Gasteiger partial charge in [0.2, 0.25) is 5.91 Å². The van der Waals surface area contributed by atoms with Gasteiger partial charge in [0, 0.05) is 13.1 Å². The van der Waals surface area contributed by atoms with Gasteiger partial charge in [-0.05, 0) is 31.6 Å². The number of aliphatic hydroxyl groups is 1. The van der Waals surface area contributed by atoms with E-state index in [1.165, 1.54) is 6.42 Å². The van der Waals surface area contributed by atoms with E-state index < -0.39 is 5.60 Å². The third-order valence-corrected chi connectivity index (χ3v) is 5.08. The molecule has 4 heteroatoms. The van der Waals surface area contributed by atoms with E-state index in [9.17, 15) is 9.90 Å². The molecule has 1 amide bonds. The van der Waals surface area contributed by atoms with Gasteiger partial charge in [-0.1, -0.05) is 32.6 Å². The lowest BCUT2D eigenvalue weighted by Gasteiger charge is -2.36. The van der Waals surface area contributed by atoms with Crippen LogP contribution in [0.4, 0.5) is 0 Å². The van der Waals surface area contributed by atoms with Gasteiger partial charge in [-0.2, -0.15) is 0 Å². The van der Waals surface area contributed by atoms with Gasteiger partial charge >= 0.3 is 0 Å². The highest BCUT2D eigenvalue weighted by Gasteiger charge is 2.41. The molecule has 2 aliphatic rings. The summed E-state index contributed by atoms with van der Waals surface area (Å²) in [6.07, 6.45) is 7.79. The zero-order valence-corrected chi connectivity index (χ0v) is 12.1. The molecule has 0 spiro atoms. The molecule has 0 aliphatic heterocycles. The van der Waals surface area contributed by atoms with Gasteiger partial charge in [0.05, 0.1) is 11.0 Å². The van der Waals surface area contributed by atoms with Crippen LogP contribution in [0.2, 0.25) is 0 Å². The Morgan fingerprint density at radius 1 is 1.32 bits per heavy atom. The van der Waals surface area contributed by atoms with Gasteiger partial charge in [0.25, 0.3) is 0 Å². The Hall–Kier alpha value is -0.610. The molecule has 4 N–H and O–H groups in total. The summed E-state index contributed by atoms with van der Waals surface area (Å²) in [5.41, 5.74) is 4.74. The van der Waals surface area contributed by atoms with Gasteiger partial charge in [0.15, 0.2) is 0 Å². The van der Waals surface area contributed by atoms with E-state index in [2.05, 4.69) is 12.2 Å². The van der Waals surface area contributed by atoms with Crippen LogP contribution < -0.4 is 11.1 Å². The zero-order chi connectivity index (χ0) is 13.9. The van der Waals surface area contributed by atoms with Gasteiger partial charge in [-0.25, -0.2) is 0 Å². The Morgan fingerprint density at radius 3 is 2.58 bits per heavy atom. The summed E-state index contributed by atoms with van der Waals surface area (Å²) in [4.78, 5) is 12.4. The monoisotopic (exact) mass is 268 g/mol. The summed E-state index contributed by atoms with van der Waals surface area (Å²) >= 11 is 0. The minimum absolute atomic E-state index is 0.0548. The first-order valence-electron chi connectivity index (χ1n) is 7.70. The van der Waals surface area contributed by atoms with E-state index in [4.69, 9.17) is 5.73 Å². The van der Waals surface area contributed by atoms with Crippen molar-refractivity contribution in [1.29, 1.82) is 0 Å². The largest absolute Gasteiger partial charge is 0.388 e. The number of carbonyl (C=O) groups excluding carboxylic acids is 1. The molecule has 2 rings (SSSR count). The molecule has 0 aromatic carbocycles. The van der Waals surface area contributed by atoms with Crippen molar-refractivity contribution in [2.75, 3.05) is 13.1 Å². The normalized spacial score (nSPS) is 34.2. The number of rotatable bonds is 4. The number of carbonyl (C=O) groups is 1. The molecule has 2 saturated carbocycles. The molecule has 2 fully saturated rings. The Bertz CT molecular complexity index is 326. The third-order valence-electron chi connectivity index (χ3n) is 5.08. The standard InChI is InChI=1S/C15H28N2O2/c1-12-5-4-8-15(19,9-12)11-17-13(18)14(10-16)6-2-3-7-14/h12,19H,2-11,16H2,1H3,(H,17,18). The molecule has 4 nitrogen and oxygen atoms in total. The molecule has 2 atom stereocenters. The zero-order valence-electron chi connectivity index (χ0n) is 12.1. The topological polar surface area (TPSA) is 75.3 Å². The second-order valence-corrected chi connectivity index (χ2v) is 6.80. The van der Waals surface area contributed by atoms with E-state index in [0.29, 0.717) is 19.0 Å². The van der Waals surface area contributed by atoms with Crippen LogP contribution in [-0.2, 0) is 4.79 Å². The molecule has 19 heavy (non-hydrogen) atoms. The van der Waals surface area contributed by atoms with Crippen molar-refractivity contribution in [1.82, 2.24) is 5.32 Å². The first-order valence-corrected chi connectivity index (χ1v) is 7.70. The highest BCUT2D eigenvalue weighted by atomic mass is 16.3. The van der Waals surface area contributed by atoms with E-state index in [1.807, 2.05) is 0 Å². The second kappa shape index (κ2) is 5.80. The van der Waals surface area contributed by atoms with Crippen LogP contribution in [0.3, 0.4) is 0 Å². The highest BCUT2D eigenvalue weighted by molar-refractivity contribution is 5.83. The van der Waals surface area contributed by atoms with E-state index in [0.717, 1.165) is 44.9 Å². The van der Waals surface area contributed by atoms with Crippen molar-refractivity contribution in [3.8, 4) is 0 Å². The lowest BCUT2D eigenvalue weighted by Crippen LogP contribution is -2.51. The highest BCUT2D eigenvalue weighted by Crippen LogP contribution is 2.38. The Kier molecular flexibility index (Phi) is 4.51. The van der Waals surface area contributed by atoms with Gasteiger partial charge < -0.3 is 16.2 Å². The fourth-order valence-corrected chi connectivity index (χ4v) is 3.80. The van der Waals surface area contributed by atoms with Crippen molar-refractivity contribution in [2.24, 2.45) is 17.1 Å². The Balaban J connectivity index is 1.89. The van der Waals surface area contributed by atoms with Crippen LogP contribution in [0.1, 0.15) is 58.3 Å². The van der Waals surface area contributed by atoms with Crippen LogP contribution in [-0.4, -0.2) is 29.7 Å². The molecular formula is C15H28N2O2. The van der Waals surface area contributed by atoms with Gasteiger partial charge in [-0.15, -0.1) is 0 Å². The predicted molar refractivity (Wildman–Crippen MR) is 75.5 cm³/mol. The molecule has 0 bridgehead atoms. The van der Waals surface area contributed by atoms with Crippen LogP contribution in [0.5, 0.6) is 0 Å². The van der Waals surface area contributed by atoms with Crippen molar-refractivity contribution in [2.45, 2.75) is 63.9 Å². The second-order valence-electron chi connectivity index (χ2n) is 6.80. The molecule has 0 saturated heterocycles. The fraction of sp³-hybridized carbons (Fsp3) is 0.933. The van der Waals surface area contributed by atoms with Crippen molar-refractivity contribution < 1.29 is 9.90 Å².